The van der Waals surface area contributed by atoms with Gasteiger partial charge in [0, 0.05) is 11.1 Å². The summed E-state index contributed by atoms with van der Waals surface area (Å²) in [7, 11) is 0. The average Bonchev–Trinajstić information content (AvgIpc) is 2.63. The van der Waals surface area contributed by atoms with Gasteiger partial charge in [-0.05, 0) is 24.7 Å². The van der Waals surface area contributed by atoms with Crippen LogP contribution in [0.5, 0.6) is 0 Å². The van der Waals surface area contributed by atoms with Crippen LogP contribution in [-0.2, 0) is 11.7 Å². The third-order valence-corrected chi connectivity index (χ3v) is 4.77. The molecule has 2 N–H and O–H groups in total. The molecule has 1 atom stereocenters. The van der Waals surface area contributed by atoms with Crippen molar-refractivity contribution in [3.63, 3.8) is 0 Å². The van der Waals surface area contributed by atoms with E-state index in [4.69, 9.17) is 5.73 Å². The molecular formula is C12H17F3N2S. The van der Waals surface area contributed by atoms with E-state index in [1.807, 2.05) is 0 Å². The second kappa shape index (κ2) is 4.20. The average molecular weight is 278 g/mol. The standard InChI is InChI=1S/C12H17F3N2S/c1-10(2)4-3-5-11(16,7-10)8-6-17-9(18-8)12(13,14)15/h6H,3-5,7,16H2,1-2H3. The second-order valence-corrected chi connectivity index (χ2v) is 6.91. The highest BCUT2D eigenvalue weighted by Crippen LogP contribution is 2.47. The summed E-state index contributed by atoms with van der Waals surface area (Å²) in [5, 5.41) is -0.800. The van der Waals surface area contributed by atoms with Crippen LogP contribution in [-0.4, -0.2) is 4.98 Å². The molecule has 1 fully saturated rings. The molecule has 2 rings (SSSR count). The summed E-state index contributed by atoms with van der Waals surface area (Å²) in [6.07, 6.45) is 0.382. The van der Waals surface area contributed by atoms with E-state index >= 15 is 0 Å². The van der Waals surface area contributed by atoms with Crippen molar-refractivity contribution in [1.82, 2.24) is 4.98 Å². The van der Waals surface area contributed by atoms with Gasteiger partial charge in [-0.2, -0.15) is 13.2 Å². The second-order valence-electron chi connectivity index (χ2n) is 5.88. The molecule has 18 heavy (non-hydrogen) atoms. The summed E-state index contributed by atoms with van der Waals surface area (Å²) in [4.78, 5) is 4.03. The lowest BCUT2D eigenvalue weighted by Gasteiger charge is -2.41. The number of nitrogens with two attached hydrogens (primary N) is 1. The molecule has 0 spiro atoms. The van der Waals surface area contributed by atoms with Crippen LogP contribution >= 0.6 is 11.3 Å². The molecule has 0 aromatic carbocycles. The highest BCUT2D eigenvalue weighted by atomic mass is 32.1. The Hall–Kier alpha value is -0.620. The number of aromatic nitrogens is 1. The molecule has 102 valence electrons. The first-order chi connectivity index (χ1) is 8.12. The third kappa shape index (κ3) is 2.69. The van der Waals surface area contributed by atoms with Gasteiger partial charge >= 0.3 is 6.18 Å². The van der Waals surface area contributed by atoms with Crippen LogP contribution in [0.15, 0.2) is 6.20 Å². The maximum absolute atomic E-state index is 12.6. The van der Waals surface area contributed by atoms with Gasteiger partial charge < -0.3 is 5.73 Å². The molecule has 1 heterocycles. The van der Waals surface area contributed by atoms with Gasteiger partial charge in [-0.25, -0.2) is 4.98 Å². The first-order valence-corrected chi connectivity index (χ1v) is 6.77. The highest BCUT2D eigenvalue weighted by Gasteiger charge is 2.42. The van der Waals surface area contributed by atoms with E-state index in [2.05, 4.69) is 18.8 Å². The van der Waals surface area contributed by atoms with Crippen LogP contribution in [0.3, 0.4) is 0 Å². The Balaban J connectivity index is 2.28. The topological polar surface area (TPSA) is 38.9 Å². The molecule has 1 aromatic heterocycles. The fourth-order valence-electron chi connectivity index (χ4n) is 2.76. The molecule has 1 aliphatic rings. The molecule has 1 aromatic rings. The van der Waals surface area contributed by atoms with Crippen molar-refractivity contribution in [3.05, 3.63) is 16.1 Å². The molecule has 0 aliphatic heterocycles. The van der Waals surface area contributed by atoms with Gasteiger partial charge in [-0.3, -0.25) is 0 Å². The molecule has 6 heteroatoms. The van der Waals surface area contributed by atoms with Gasteiger partial charge in [0.25, 0.3) is 0 Å². The molecule has 1 unspecified atom stereocenters. The summed E-state index contributed by atoms with van der Waals surface area (Å²) in [6.45, 7) is 4.22. The van der Waals surface area contributed by atoms with Crippen LogP contribution in [0.2, 0.25) is 0 Å². The van der Waals surface area contributed by atoms with Crippen molar-refractivity contribution in [2.24, 2.45) is 11.1 Å². The fourth-order valence-corrected chi connectivity index (χ4v) is 3.67. The van der Waals surface area contributed by atoms with Crippen molar-refractivity contribution < 1.29 is 13.2 Å². The minimum Gasteiger partial charge on any atom is -0.321 e. The monoisotopic (exact) mass is 278 g/mol. The number of hydrogen-bond acceptors (Lipinski definition) is 3. The Morgan fingerprint density at radius 3 is 2.50 bits per heavy atom. The van der Waals surface area contributed by atoms with Crippen molar-refractivity contribution in [1.29, 1.82) is 0 Å². The minimum atomic E-state index is -4.37. The summed E-state index contributed by atoms with van der Waals surface area (Å²) in [5.74, 6) is 0. The first-order valence-electron chi connectivity index (χ1n) is 5.95. The zero-order valence-corrected chi connectivity index (χ0v) is 11.3. The van der Waals surface area contributed by atoms with E-state index in [9.17, 15) is 13.2 Å². The Labute approximate surface area is 108 Å². The number of nitrogens with zero attached hydrogens (tertiary/aromatic N) is 1. The molecule has 1 saturated carbocycles. The van der Waals surface area contributed by atoms with E-state index in [1.165, 1.54) is 6.20 Å². The van der Waals surface area contributed by atoms with Gasteiger partial charge in [0.2, 0.25) is 0 Å². The first kappa shape index (κ1) is 13.8. The Morgan fingerprint density at radius 2 is 2.00 bits per heavy atom. The van der Waals surface area contributed by atoms with Crippen molar-refractivity contribution in [2.75, 3.05) is 0 Å². The lowest BCUT2D eigenvalue weighted by molar-refractivity contribution is -0.137. The molecule has 0 radical (unpaired) electrons. The van der Waals surface area contributed by atoms with E-state index in [1.54, 1.807) is 0 Å². The lowest BCUT2D eigenvalue weighted by atomic mass is 9.68. The van der Waals surface area contributed by atoms with Gasteiger partial charge in [0.05, 0.1) is 5.54 Å². The minimum absolute atomic E-state index is 0.0788. The zero-order chi connectivity index (χ0) is 13.6. The molecule has 0 amide bonds. The maximum atomic E-state index is 12.6. The Bertz CT molecular complexity index is 439. The number of rotatable bonds is 1. The molecule has 0 saturated heterocycles. The van der Waals surface area contributed by atoms with Crippen molar-refractivity contribution >= 4 is 11.3 Å². The smallest absolute Gasteiger partial charge is 0.321 e. The van der Waals surface area contributed by atoms with E-state index < -0.39 is 16.7 Å². The van der Waals surface area contributed by atoms with Gasteiger partial charge in [0.1, 0.15) is 0 Å². The molecule has 1 aliphatic carbocycles. The van der Waals surface area contributed by atoms with E-state index in [-0.39, 0.29) is 5.41 Å². The molecular weight excluding hydrogens is 261 g/mol. The fraction of sp³-hybridized carbons (Fsp3) is 0.750. The van der Waals surface area contributed by atoms with Crippen molar-refractivity contribution in [2.45, 2.75) is 51.2 Å². The van der Waals surface area contributed by atoms with Gasteiger partial charge in [0.15, 0.2) is 5.01 Å². The van der Waals surface area contributed by atoms with Gasteiger partial charge in [-0.1, -0.05) is 20.3 Å². The SMILES string of the molecule is CC1(C)CCCC(N)(c2cnc(C(F)(F)F)s2)C1. The quantitative estimate of drug-likeness (QED) is 0.845. The van der Waals surface area contributed by atoms with Crippen LogP contribution in [0.25, 0.3) is 0 Å². The van der Waals surface area contributed by atoms with Crippen LogP contribution in [0, 0.1) is 5.41 Å². The Kier molecular flexibility index (Phi) is 3.22. The normalized spacial score (nSPS) is 28.3. The number of hydrogen-bond donors (Lipinski definition) is 1. The van der Waals surface area contributed by atoms with Gasteiger partial charge in [-0.15, -0.1) is 11.3 Å². The predicted octanol–water partition coefficient (Wildman–Crippen LogP) is 3.92. The molecule has 2 nitrogen and oxygen atoms in total. The maximum Gasteiger partial charge on any atom is 0.443 e. The summed E-state index contributed by atoms with van der Waals surface area (Å²) in [6, 6.07) is 0. The molecule has 0 bridgehead atoms. The van der Waals surface area contributed by atoms with E-state index in [0.717, 1.165) is 19.3 Å². The van der Waals surface area contributed by atoms with Crippen LogP contribution in [0.1, 0.15) is 49.4 Å². The zero-order valence-electron chi connectivity index (χ0n) is 10.5. The largest absolute Gasteiger partial charge is 0.443 e. The summed E-state index contributed by atoms with van der Waals surface area (Å²) in [5.41, 5.74) is 5.74. The van der Waals surface area contributed by atoms with Crippen molar-refractivity contribution in [3.8, 4) is 0 Å². The number of thiazole rings is 1. The van der Waals surface area contributed by atoms with Crippen LogP contribution in [0.4, 0.5) is 13.2 Å². The predicted molar refractivity (Wildman–Crippen MR) is 65.2 cm³/mol. The highest BCUT2D eigenvalue weighted by molar-refractivity contribution is 7.11. The third-order valence-electron chi connectivity index (χ3n) is 3.51. The Morgan fingerprint density at radius 1 is 1.33 bits per heavy atom. The number of halogens is 3. The van der Waals surface area contributed by atoms with Crippen LogP contribution < -0.4 is 5.73 Å². The lowest BCUT2D eigenvalue weighted by Crippen LogP contribution is -2.43. The van der Waals surface area contributed by atoms with E-state index in [0.29, 0.717) is 22.6 Å². The summed E-state index contributed by atoms with van der Waals surface area (Å²) < 4.78 is 37.7. The summed E-state index contributed by atoms with van der Waals surface area (Å²) >= 11 is 0.685. The number of alkyl halides is 3.